The number of aromatic nitrogens is 2. The van der Waals surface area contributed by atoms with E-state index in [1.54, 1.807) is 6.92 Å². The van der Waals surface area contributed by atoms with Crippen LogP contribution in [0.25, 0.3) is 0 Å². The molecule has 0 radical (unpaired) electrons. The lowest BCUT2D eigenvalue weighted by Gasteiger charge is -2.34. The molecule has 3 N–H and O–H groups in total. The molecular weight excluding hydrogens is 511 g/mol. The van der Waals surface area contributed by atoms with Crippen molar-refractivity contribution < 1.29 is 22.8 Å². The van der Waals surface area contributed by atoms with E-state index < -0.39 is 23.7 Å². The molecule has 9 nitrogen and oxygen atoms in total. The highest BCUT2D eigenvalue weighted by atomic mass is 19.4. The average molecular weight is 548 g/mol. The lowest BCUT2D eigenvalue weighted by atomic mass is 10.0. The molecule has 0 unspecified atom stereocenters. The van der Waals surface area contributed by atoms with Crippen LogP contribution in [0.3, 0.4) is 0 Å². The molecule has 2 aromatic rings. The number of amides is 2. The van der Waals surface area contributed by atoms with Crippen molar-refractivity contribution in [2.45, 2.75) is 64.8 Å². The molecule has 1 saturated heterocycles. The van der Waals surface area contributed by atoms with Crippen molar-refractivity contribution in [3.63, 3.8) is 0 Å². The van der Waals surface area contributed by atoms with Crippen molar-refractivity contribution in [3.05, 3.63) is 41.6 Å². The summed E-state index contributed by atoms with van der Waals surface area (Å²) in [6.45, 7) is 9.04. The van der Waals surface area contributed by atoms with Gasteiger partial charge in [0.2, 0.25) is 17.8 Å². The highest BCUT2D eigenvalue weighted by Gasteiger charge is 2.39. The second kappa shape index (κ2) is 12.2. The molecule has 2 aliphatic rings. The van der Waals surface area contributed by atoms with Gasteiger partial charge in [-0.3, -0.25) is 14.5 Å². The van der Waals surface area contributed by atoms with Crippen molar-refractivity contribution in [2.24, 2.45) is 5.92 Å². The number of halogens is 3. The quantitative estimate of drug-likeness (QED) is 0.459. The van der Waals surface area contributed by atoms with E-state index in [-0.39, 0.29) is 29.6 Å². The van der Waals surface area contributed by atoms with Crippen LogP contribution in [0.15, 0.2) is 30.5 Å². The zero-order valence-corrected chi connectivity index (χ0v) is 22.5. The highest BCUT2D eigenvalue weighted by molar-refractivity contribution is 5.80. The average Bonchev–Trinajstić information content (AvgIpc) is 3.33. The SMILES string of the molecule is CC(=O)N1CCN(Cc2ccc(Nc3ncc(C(F)(F)F)c(N[C@@H]4CCC[C@@H]4C(=O)NC(C)C)n3)cc2)CC1. The molecule has 12 heteroatoms. The summed E-state index contributed by atoms with van der Waals surface area (Å²) in [7, 11) is 0. The molecule has 2 fully saturated rings. The normalized spacial score (nSPS) is 20.2. The number of nitrogens with zero attached hydrogens (tertiary/aromatic N) is 4. The number of anilines is 3. The molecule has 2 amide bonds. The minimum atomic E-state index is -4.65. The molecule has 0 spiro atoms. The Kier molecular flexibility index (Phi) is 8.94. The number of hydrogen-bond donors (Lipinski definition) is 3. The first-order valence-corrected chi connectivity index (χ1v) is 13.3. The maximum atomic E-state index is 13.8. The molecule has 1 aliphatic heterocycles. The zero-order valence-electron chi connectivity index (χ0n) is 22.5. The van der Waals surface area contributed by atoms with E-state index in [0.29, 0.717) is 31.6 Å². The van der Waals surface area contributed by atoms with E-state index in [2.05, 4.69) is 30.8 Å². The van der Waals surface area contributed by atoms with Crippen LogP contribution in [0.1, 0.15) is 51.2 Å². The van der Waals surface area contributed by atoms with Crippen molar-refractivity contribution in [2.75, 3.05) is 36.8 Å². The summed E-state index contributed by atoms with van der Waals surface area (Å²) in [4.78, 5) is 36.3. The fourth-order valence-corrected chi connectivity index (χ4v) is 5.07. The van der Waals surface area contributed by atoms with Gasteiger partial charge in [0.05, 0.1) is 5.92 Å². The van der Waals surface area contributed by atoms with Gasteiger partial charge in [0.15, 0.2) is 0 Å². The predicted molar refractivity (Wildman–Crippen MR) is 142 cm³/mol. The van der Waals surface area contributed by atoms with E-state index in [4.69, 9.17) is 0 Å². The maximum Gasteiger partial charge on any atom is 0.421 e. The van der Waals surface area contributed by atoms with Gasteiger partial charge in [-0.15, -0.1) is 0 Å². The fraction of sp³-hybridized carbons (Fsp3) is 0.556. The molecule has 2 heterocycles. The Balaban J connectivity index is 1.43. The van der Waals surface area contributed by atoms with E-state index in [9.17, 15) is 22.8 Å². The molecule has 4 rings (SSSR count). The topological polar surface area (TPSA) is 102 Å². The van der Waals surface area contributed by atoms with Crippen molar-refractivity contribution >= 4 is 29.3 Å². The Labute approximate surface area is 226 Å². The van der Waals surface area contributed by atoms with Crippen LogP contribution in [0, 0.1) is 5.92 Å². The van der Waals surface area contributed by atoms with Gasteiger partial charge in [0.25, 0.3) is 0 Å². The van der Waals surface area contributed by atoms with E-state index in [1.165, 1.54) is 0 Å². The van der Waals surface area contributed by atoms with Crippen LogP contribution in [-0.4, -0.2) is 69.8 Å². The first-order chi connectivity index (χ1) is 18.5. The van der Waals surface area contributed by atoms with Crippen molar-refractivity contribution in [1.82, 2.24) is 25.1 Å². The van der Waals surface area contributed by atoms with Gasteiger partial charge in [-0.25, -0.2) is 4.98 Å². The van der Waals surface area contributed by atoms with Crippen LogP contribution in [-0.2, 0) is 22.3 Å². The first-order valence-electron chi connectivity index (χ1n) is 13.3. The van der Waals surface area contributed by atoms with Crippen LogP contribution >= 0.6 is 0 Å². The summed E-state index contributed by atoms with van der Waals surface area (Å²) in [5.74, 6) is -0.816. The first kappa shape index (κ1) is 28.6. The molecule has 39 heavy (non-hydrogen) atoms. The van der Waals surface area contributed by atoms with E-state index in [1.807, 2.05) is 43.0 Å². The lowest BCUT2D eigenvalue weighted by molar-refractivity contribution is -0.137. The molecule has 2 atom stereocenters. The summed E-state index contributed by atoms with van der Waals surface area (Å²) in [5.41, 5.74) is 0.753. The summed E-state index contributed by atoms with van der Waals surface area (Å²) in [6.07, 6.45) is -1.96. The number of rotatable bonds is 8. The van der Waals surface area contributed by atoms with Gasteiger partial charge >= 0.3 is 6.18 Å². The Morgan fingerprint density at radius 1 is 1.08 bits per heavy atom. The predicted octanol–water partition coefficient (Wildman–Crippen LogP) is 4.01. The van der Waals surface area contributed by atoms with E-state index in [0.717, 1.165) is 37.8 Å². The van der Waals surface area contributed by atoms with Gasteiger partial charge in [-0.2, -0.15) is 18.2 Å². The number of carbonyl (C=O) groups excluding carboxylic acids is 2. The standard InChI is InChI=1S/C27H36F3N7O2/c1-17(2)32-25(39)21-5-4-6-23(21)34-24-22(27(28,29)30)15-31-26(35-24)33-20-9-7-19(8-10-20)16-36-11-13-37(14-12-36)18(3)38/h7-10,15,17,21,23H,4-6,11-14,16H2,1-3H3,(H,32,39)(H2,31,33,34,35)/t21-,23+/m0/s1. The van der Waals surface area contributed by atoms with Gasteiger partial charge < -0.3 is 20.9 Å². The Hall–Kier alpha value is -3.41. The molecular formula is C27H36F3N7O2. The van der Waals surface area contributed by atoms with Crippen LogP contribution in [0.4, 0.5) is 30.6 Å². The molecule has 212 valence electrons. The van der Waals surface area contributed by atoms with Crippen LogP contribution in [0.2, 0.25) is 0 Å². The lowest BCUT2D eigenvalue weighted by Crippen LogP contribution is -2.47. The number of benzene rings is 1. The number of nitrogens with one attached hydrogen (secondary N) is 3. The molecule has 1 saturated carbocycles. The largest absolute Gasteiger partial charge is 0.421 e. The second-order valence-corrected chi connectivity index (χ2v) is 10.5. The van der Waals surface area contributed by atoms with Gasteiger partial charge in [-0.1, -0.05) is 18.6 Å². The molecule has 1 aliphatic carbocycles. The molecule has 0 bridgehead atoms. The molecule has 1 aromatic carbocycles. The zero-order chi connectivity index (χ0) is 28.2. The Morgan fingerprint density at radius 2 is 1.77 bits per heavy atom. The second-order valence-electron chi connectivity index (χ2n) is 10.5. The summed E-state index contributed by atoms with van der Waals surface area (Å²) < 4.78 is 41.3. The van der Waals surface area contributed by atoms with Crippen molar-refractivity contribution in [3.8, 4) is 0 Å². The van der Waals surface area contributed by atoms with Gasteiger partial charge in [-0.05, 0) is 44.4 Å². The molecule has 1 aromatic heterocycles. The monoisotopic (exact) mass is 547 g/mol. The fourth-order valence-electron chi connectivity index (χ4n) is 5.07. The number of alkyl halides is 3. The third-order valence-electron chi connectivity index (χ3n) is 7.13. The van der Waals surface area contributed by atoms with Crippen LogP contribution in [0.5, 0.6) is 0 Å². The third kappa shape index (κ3) is 7.59. The van der Waals surface area contributed by atoms with E-state index >= 15 is 0 Å². The Bertz CT molecular complexity index is 1150. The minimum absolute atomic E-state index is 0.0276. The summed E-state index contributed by atoms with van der Waals surface area (Å²) in [6, 6.07) is 7.04. The Morgan fingerprint density at radius 3 is 2.38 bits per heavy atom. The maximum absolute atomic E-state index is 13.8. The van der Waals surface area contributed by atoms with Crippen LogP contribution < -0.4 is 16.0 Å². The number of carbonyl (C=O) groups is 2. The number of piperazine rings is 1. The van der Waals surface area contributed by atoms with Gasteiger partial charge in [0, 0.05) is 63.6 Å². The van der Waals surface area contributed by atoms with Crippen molar-refractivity contribution in [1.29, 1.82) is 0 Å². The summed E-state index contributed by atoms with van der Waals surface area (Å²) >= 11 is 0. The van der Waals surface area contributed by atoms with Gasteiger partial charge in [0.1, 0.15) is 11.4 Å². The number of hydrogen-bond acceptors (Lipinski definition) is 7. The third-order valence-corrected chi connectivity index (χ3v) is 7.13. The highest BCUT2D eigenvalue weighted by Crippen LogP contribution is 2.36. The smallest absolute Gasteiger partial charge is 0.366 e. The minimum Gasteiger partial charge on any atom is -0.366 e. The summed E-state index contributed by atoms with van der Waals surface area (Å²) in [5, 5.41) is 8.76.